The first-order valence-electron chi connectivity index (χ1n) is 6.43. The third-order valence-electron chi connectivity index (χ3n) is 3.21. The molecule has 0 aliphatic heterocycles. The van der Waals surface area contributed by atoms with E-state index in [2.05, 4.69) is 22.8 Å². The molecule has 1 aliphatic carbocycles. The van der Waals surface area contributed by atoms with Crippen molar-refractivity contribution in [2.45, 2.75) is 39.2 Å². The molecule has 0 spiro atoms. The van der Waals surface area contributed by atoms with Gasteiger partial charge < -0.3 is 15.7 Å². The largest absolute Gasteiger partial charge is 0.481 e. The molecule has 0 bridgehead atoms. The van der Waals surface area contributed by atoms with Crippen molar-refractivity contribution in [2.75, 3.05) is 6.54 Å². The molecule has 1 aliphatic rings. The molecule has 3 N–H and O–H groups in total. The van der Waals surface area contributed by atoms with Gasteiger partial charge in [0.2, 0.25) is 0 Å². The SMILES string of the molecule is CC(C)C(CNC(=O)NC1CC=CCC1)C(=O)O. The zero-order valence-electron chi connectivity index (χ0n) is 11.0. The van der Waals surface area contributed by atoms with Crippen LogP contribution < -0.4 is 10.6 Å². The number of hydrogen-bond acceptors (Lipinski definition) is 2. The van der Waals surface area contributed by atoms with Crippen molar-refractivity contribution in [1.82, 2.24) is 10.6 Å². The molecule has 0 fully saturated rings. The van der Waals surface area contributed by atoms with Gasteiger partial charge >= 0.3 is 12.0 Å². The average molecular weight is 254 g/mol. The summed E-state index contributed by atoms with van der Waals surface area (Å²) in [7, 11) is 0. The van der Waals surface area contributed by atoms with Crippen LogP contribution in [0.15, 0.2) is 12.2 Å². The van der Waals surface area contributed by atoms with Gasteiger partial charge in [-0.3, -0.25) is 4.79 Å². The van der Waals surface area contributed by atoms with E-state index in [1.165, 1.54) is 0 Å². The topological polar surface area (TPSA) is 78.4 Å². The first-order chi connectivity index (χ1) is 8.50. The maximum atomic E-state index is 11.6. The number of allylic oxidation sites excluding steroid dienone is 1. The molecule has 0 saturated heterocycles. The molecule has 2 unspecified atom stereocenters. The number of rotatable bonds is 5. The Morgan fingerprint density at radius 2 is 2.11 bits per heavy atom. The first kappa shape index (κ1) is 14.5. The summed E-state index contributed by atoms with van der Waals surface area (Å²) in [6.07, 6.45) is 6.93. The van der Waals surface area contributed by atoms with E-state index in [1.54, 1.807) is 0 Å². The molecule has 0 saturated carbocycles. The molecular formula is C13H22N2O3. The quantitative estimate of drug-likeness (QED) is 0.654. The fourth-order valence-corrected chi connectivity index (χ4v) is 1.97. The third kappa shape index (κ3) is 4.77. The predicted molar refractivity (Wildman–Crippen MR) is 69.3 cm³/mol. The summed E-state index contributed by atoms with van der Waals surface area (Å²) < 4.78 is 0. The van der Waals surface area contributed by atoms with Gasteiger partial charge in [0.05, 0.1) is 5.92 Å². The van der Waals surface area contributed by atoms with E-state index in [0.717, 1.165) is 19.3 Å². The number of carbonyl (C=O) groups excluding carboxylic acids is 1. The third-order valence-corrected chi connectivity index (χ3v) is 3.21. The van der Waals surface area contributed by atoms with Crippen LogP contribution in [0, 0.1) is 11.8 Å². The van der Waals surface area contributed by atoms with Gasteiger partial charge in [-0.1, -0.05) is 26.0 Å². The number of hydrogen-bond donors (Lipinski definition) is 3. The summed E-state index contributed by atoms with van der Waals surface area (Å²) >= 11 is 0. The molecule has 0 aromatic heterocycles. The van der Waals surface area contributed by atoms with Crippen LogP contribution in [0.3, 0.4) is 0 Å². The van der Waals surface area contributed by atoms with E-state index >= 15 is 0 Å². The molecule has 0 heterocycles. The minimum Gasteiger partial charge on any atom is -0.481 e. The minimum absolute atomic E-state index is 0.000383. The van der Waals surface area contributed by atoms with Crippen molar-refractivity contribution in [2.24, 2.45) is 11.8 Å². The number of carbonyl (C=O) groups is 2. The van der Waals surface area contributed by atoms with Crippen molar-refractivity contribution in [3.63, 3.8) is 0 Å². The standard InChI is InChI=1S/C13H22N2O3/c1-9(2)11(12(16)17)8-14-13(18)15-10-6-4-3-5-7-10/h3-4,9-11H,5-8H2,1-2H3,(H,16,17)(H2,14,15,18). The normalized spacial score (nSPS) is 20.5. The van der Waals surface area contributed by atoms with E-state index in [0.29, 0.717) is 0 Å². The molecular weight excluding hydrogens is 232 g/mol. The summed E-state index contributed by atoms with van der Waals surface area (Å²) in [5.41, 5.74) is 0. The number of carboxylic acid groups (broad SMARTS) is 1. The molecule has 0 radical (unpaired) electrons. The highest BCUT2D eigenvalue weighted by atomic mass is 16.4. The molecule has 5 heteroatoms. The Balaban J connectivity index is 2.31. The van der Waals surface area contributed by atoms with Crippen LogP contribution in [0.1, 0.15) is 33.1 Å². The molecule has 0 aromatic carbocycles. The van der Waals surface area contributed by atoms with Gasteiger partial charge in [-0.15, -0.1) is 0 Å². The monoisotopic (exact) mass is 254 g/mol. The van der Waals surface area contributed by atoms with Crippen molar-refractivity contribution in [1.29, 1.82) is 0 Å². The molecule has 5 nitrogen and oxygen atoms in total. The average Bonchev–Trinajstić information content (AvgIpc) is 2.29. The molecule has 18 heavy (non-hydrogen) atoms. The van der Waals surface area contributed by atoms with Crippen molar-refractivity contribution >= 4 is 12.0 Å². The van der Waals surface area contributed by atoms with Gasteiger partial charge in [-0.05, 0) is 25.2 Å². The summed E-state index contributed by atoms with van der Waals surface area (Å²) in [5.74, 6) is -1.41. The Labute approximate surface area is 108 Å². The number of aliphatic carboxylic acids is 1. The van der Waals surface area contributed by atoms with Crippen molar-refractivity contribution in [3.05, 3.63) is 12.2 Å². The van der Waals surface area contributed by atoms with Crippen LogP contribution in [-0.2, 0) is 4.79 Å². The van der Waals surface area contributed by atoms with Gasteiger partial charge in [-0.2, -0.15) is 0 Å². The van der Waals surface area contributed by atoms with E-state index in [9.17, 15) is 9.59 Å². The minimum atomic E-state index is -0.870. The number of urea groups is 1. The van der Waals surface area contributed by atoms with E-state index in [4.69, 9.17) is 5.11 Å². The maximum Gasteiger partial charge on any atom is 0.315 e. The smallest absolute Gasteiger partial charge is 0.315 e. The summed E-state index contributed by atoms with van der Waals surface area (Å²) in [4.78, 5) is 22.6. The van der Waals surface area contributed by atoms with E-state index in [-0.39, 0.29) is 24.5 Å². The first-order valence-corrected chi connectivity index (χ1v) is 6.43. The van der Waals surface area contributed by atoms with E-state index < -0.39 is 11.9 Å². The van der Waals surface area contributed by atoms with Crippen LogP contribution in [0.25, 0.3) is 0 Å². The molecule has 0 aromatic rings. The van der Waals surface area contributed by atoms with E-state index in [1.807, 2.05) is 13.8 Å². The highest BCUT2D eigenvalue weighted by Crippen LogP contribution is 2.11. The fraction of sp³-hybridized carbons (Fsp3) is 0.692. The van der Waals surface area contributed by atoms with Gasteiger partial charge in [0.1, 0.15) is 0 Å². The summed E-state index contributed by atoms with van der Waals surface area (Å²) in [6.45, 7) is 3.84. The van der Waals surface area contributed by atoms with Crippen LogP contribution in [0.5, 0.6) is 0 Å². The molecule has 2 amide bonds. The zero-order valence-corrected chi connectivity index (χ0v) is 11.0. The lowest BCUT2D eigenvalue weighted by Gasteiger charge is -2.21. The maximum absolute atomic E-state index is 11.6. The van der Waals surface area contributed by atoms with Gasteiger partial charge in [-0.25, -0.2) is 4.79 Å². The van der Waals surface area contributed by atoms with Crippen molar-refractivity contribution in [3.8, 4) is 0 Å². The Bertz CT molecular complexity index is 326. The summed E-state index contributed by atoms with van der Waals surface area (Å²) in [5, 5.41) is 14.5. The Kier molecular flexibility index (Phi) is 5.68. The lowest BCUT2D eigenvalue weighted by Crippen LogP contribution is -2.45. The second-order valence-electron chi connectivity index (χ2n) is 5.02. The van der Waals surface area contributed by atoms with Crippen molar-refractivity contribution < 1.29 is 14.7 Å². The Hall–Kier alpha value is -1.52. The molecule has 102 valence electrons. The fourth-order valence-electron chi connectivity index (χ4n) is 1.97. The summed E-state index contributed by atoms with van der Waals surface area (Å²) in [6, 6.07) is -0.112. The number of nitrogens with one attached hydrogen (secondary N) is 2. The molecule has 2 atom stereocenters. The Morgan fingerprint density at radius 3 is 2.61 bits per heavy atom. The second kappa shape index (κ2) is 7.03. The van der Waals surface area contributed by atoms with Gasteiger partial charge in [0, 0.05) is 12.6 Å². The zero-order chi connectivity index (χ0) is 13.5. The van der Waals surface area contributed by atoms with Gasteiger partial charge in [0.15, 0.2) is 0 Å². The highest BCUT2D eigenvalue weighted by Gasteiger charge is 2.22. The predicted octanol–water partition coefficient (Wildman–Crippen LogP) is 1.75. The van der Waals surface area contributed by atoms with Crippen LogP contribution >= 0.6 is 0 Å². The molecule has 1 rings (SSSR count). The van der Waals surface area contributed by atoms with Crippen LogP contribution in [0.2, 0.25) is 0 Å². The van der Waals surface area contributed by atoms with Crippen LogP contribution in [0.4, 0.5) is 4.79 Å². The second-order valence-corrected chi connectivity index (χ2v) is 5.02. The number of amides is 2. The highest BCUT2D eigenvalue weighted by molar-refractivity contribution is 5.76. The lowest BCUT2D eigenvalue weighted by molar-refractivity contribution is -0.142. The Morgan fingerprint density at radius 1 is 1.39 bits per heavy atom. The van der Waals surface area contributed by atoms with Gasteiger partial charge in [0.25, 0.3) is 0 Å². The lowest BCUT2D eigenvalue weighted by atomic mass is 9.96. The number of carboxylic acids is 1. The van der Waals surface area contributed by atoms with Crippen LogP contribution in [-0.4, -0.2) is 29.7 Å².